The van der Waals surface area contributed by atoms with Crippen LogP contribution in [0.1, 0.15) is 77.6 Å². The molecule has 0 aromatic heterocycles. The van der Waals surface area contributed by atoms with Gasteiger partial charge in [0, 0.05) is 12.0 Å². The number of esters is 1. The largest absolute Gasteiger partial charge is 0.453 e. The molecule has 0 spiro atoms. The number of carbonyl (C=O) groups is 2. The summed E-state index contributed by atoms with van der Waals surface area (Å²) in [5, 5.41) is 3.31. The van der Waals surface area contributed by atoms with Crippen LogP contribution in [-0.2, 0) is 14.3 Å². The Hall–Kier alpha value is -1.06. The standard InChI is InChI=1S/C20H31NO3/c1-13(24-18(22)9-14-4-2-3-5-14)19(23)21-20-10-15-6-16(11-20)8-17(7-15)12-20/h13-17H,2-12H2,1H3,(H,21,23)/t13-,15?,16?,17?,20?/m0/s1. The van der Waals surface area contributed by atoms with Crippen molar-refractivity contribution >= 4 is 11.9 Å². The van der Waals surface area contributed by atoms with Crippen molar-refractivity contribution in [3.05, 3.63) is 0 Å². The fraction of sp³-hybridized carbons (Fsp3) is 0.900. The van der Waals surface area contributed by atoms with Crippen LogP contribution in [0.15, 0.2) is 0 Å². The molecule has 0 aliphatic heterocycles. The quantitative estimate of drug-likeness (QED) is 0.782. The Morgan fingerprint density at radius 3 is 2.12 bits per heavy atom. The van der Waals surface area contributed by atoms with Gasteiger partial charge in [0.05, 0.1) is 0 Å². The van der Waals surface area contributed by atoms with Crippen molar-refractivity contribution in [1.82, 2.24) is 5.32 Å². The SMILES string of the molecule is C[C@H](OC(=O)CC1CCCC1)C(=O)NC12CC3CC(CC(C3)C1)C2. The summed E-state index contributed by atoms with van der Waals surface area (Å²) >= 11 is 0. The third kappa shape index (κ3) is 3.34. The number of hydrogen-bond donors (Lipinski definition) is 1. The molecule has 1 N–H and O–H groups in total. The normalized spacial score (nSPS) is 39.0. The van der Waals surface area contributed by atoms with Crippen LogP contribution < -0.4 is 5.32 Å². The van der Waals surface area contributed by atoms with E-state index in [9.17, 15) is 9.59 Å². The lowest BCUT2D eigenvalue weighted by Gasteiger charge is -2.57. The molecule has 24 heavy (non-hydrogen) atoms. The van der Waals surface area contributed by atoms with Crippen LogP contribution in [0.4, 0.5) is 0 Å². The van der Waals surface area contributed by atoms with Crippen molar-refractivity contribution in [1.29, 1.82) is 0 Å². The van der Waals surface area contributed by atoms with Crippen molar-refractivity contribution in [3.8, 4) is 0 Å². The van der Waals surface area contributed by atoms with Crippen LogP contribution >= 0.6 is 0 Å². The van der Waals surface area contributed by atoms with Gasteiger partial charge in [0.2, 0.25) is 0 Å². The first-order valence-corrected chi connectivity index (χ1v) is 10.0. The number of ether oxygens (including phenoxy) is 1. The Morgan fingerprint density at radius 1 is 1.04 bits per heavy atom. The average molecular weight is 333 g/mol. The molecule has 134 valence electrons. The summed E-state index contributed by atoms with van der Waals surface area (Å²) in [6.45, 7) is 1.72. The topological polar surface area (TPSA) is 55.4 Å². The smallest absolute Gasteiger partial charge is 0.306 e. The van der Waals surface area contributed by atoms with Gasteiger partial charge in [-0.1, -0.05) is 12.8 Å². The van der Waals surface area contributed by atoms with Gasteiger partial charge in [0.25, 0.3) is 5.91 Å². The van der Waals surface area contributed by atoms with Crippen molar-refractivity contribution in [2.75, 3.05) is 0 Å². The molecule has 4 nitrogen and oxygen atoms in total. The molecule has 4 heteroatoms. The Bertz CT molecular complexity index is 474. The van der Waals surface area contributed by atoms with Crippen molar-refractivity contribution in [2.45, 2.75) is 89.2 Å². The second-order valence-corrected chi connectivity index (χ2v) is 9.17. The van der Waals surface area contributed by atoms with E-state index in [1.165, 1.54) is 32.1 Å². The second kappa shape index (κ2) is 6.34. The lowest BCUT2D eigenvalue weighted by molar-refractivity contribution is -0.157. The fourth-order valence-electron chi connectivity index (χ4n) is 6.38. The van der Waals surface area contributed by atoms with E-state index in [1.54, 1.807) is 6.92 Å². The molecule has 0 unspecified atom stereocenters. The molecule has 0 aromatic rings. The molecule has 5 saturated carbocycles. The Morgan fingerprint density at radius 2 is 1.58 bits per heavy atom. The van der Waals surface area contributed by atoms with Gasteiger partial charge in [0.15, 0.2) is 6.10 Å². The molecule has 1 amide bonds. The fourth-order valence-corrected chi connectivity index (χ4v) is 6.38. The Kier molecular flexibility index (Phi) is 4.34. The van der Waals surface area contributed by atoms with E-state index in [2.05, 4.69) is 5.32 Å². The van der Waals surface area contributed by atoms with Crippen LogP contribution in [0.25, 0.3) is 0 Å². The number of rotatable bonds is 5. The molecule has 0 radical (unpaired) electrons. The first-order valence-electron chi connectivity index (χ1n) is 10.0. The van der Waals surface area contributed by atoms with Crippen LogP contribution in [0.3, 0.4) is 0 Å². The van der Waals surface area contributed by atoms with E-state index in [1.807, 2.05) is 0 Å². The lowest BCUT2D eigenvalue weighted by Crippen LogP contribution is -2.61. The molecule has 5 aliphatic rings. The monoisotopic (exact) mass is 333 g/mol. The molecule has 4 bridgehead atoms. The Labute approximate surface area is 145 Å². The van der Waals surface area contributed by atoms with E-state index in [0.29, 0.717) is 12.3 Å². The minimum absolute atomic E-state index is 0.00203. The van der Waals surface area contributed by atoms with Gasteiger partial charge in [-0.05, 0) is 82.0 Å². The maximum atomic E-state index is 12.6. The highest BCUT2D eigenvalue weighted by molar-refractivity contribution is 5.84. The molecule has 0 heterocycles. The molecule has 5 fully saturated rings. The minimum Gasteiger partial charge on any atom is -0.453 e. The predicted octanol–water partition coefficient (Wildman–Crippen LogP) is 3.58. The molecular weight excluding hydrogens is 302 g/mol. The van der Waals surface area contributed by atoms with Gasteiger partial charge in [-0.15, -0.1) is 0 Å². The third-order valence-electron chi connectivity index (χ3n) is 7.03. The zero-order chi connectivity index (χ0) is 16.7. The second-order valence-electron chi connectivity index (χ2n) is 9.17. The molecule has 0 aromatic carbocycles. The molecule has 5 rings (SSSR count). The van der Waals surface area contributed by atoms with Crippen molar-refractivity contribution < 1.29 is 14.3 Å². The van der Waals surface area contributed by atoms with Crippen LogP contribution in [0, 0.1) is 23.7 Å². The van der Waals surface area contributed by atoms with Crippen molar-refractivity contribution in [2.24, 2.45) is 23.7 Å². The predicted molar refractivity (Wildman–Crippen MR) is 91.2 cm³/mol. The highest BCUT2D eigenvalue weighted by Gasteiger charge is 2.51. The number of hydrogen-bond acceptors (Lipinski definition) is 3. The summed E-state index contributed by atoms with van der Waals surface area (Å²) in [5.41, 5.74) is -0.00203. The first-order chi connectivity index (χ1) is 11.5. The van der Waals surface area contributed by atoms with Gasteiger partial charge < -0.3 is 10.1 Å². The maximum Gasteiger partial charge on any atom is 0.306 e. The van der Waals surface area contributed by atoms with Gasteiger partial charge >= 0.3 is 5.97 Å². The van der Waals surface area contributed by atoms with Gasteiger partial charge in [-0.3, -0.25) is 9.59 Å². The number of amides is 1. The molecule has 0 saturated heterocycles. The summed E-state index contributed by atoms with van der Waals surface area (Å²) in [5.74, 6) is 2.59. The zero-order valence-electron chi connectivity index (χ0n) is 14.9. The zero-order valence-corrected chi connectivity index (χ0v) is 14.9. The summed E-state index contributed by atoms with van der Waals surface area (Å²) < 4.78 is 5.44. The van der Waals surface area contributed by atoms with E-state index in [4.69, 9.17) is 4.74 Å². The molecule has 5 aliphatic carbocycles. The summed E-state index contributed by atoms with van der Waals surface area (Å²) in [6, 6.07) is 0. The van der Waals surface area contributed by atoms with E-state index < -0.39 is 6.10 Å². The number of nitrogens with one attached hydrogen (secondary N) is 1. The van der Waals surface area contributed by atoms with Crippen LogP contribution in [0.2, 0.25) is 0 Å². The third-order valence-corrected chi connectivity index (χ3v) is 7.03. The van der Waals surface area contributed by atoms with Gasteiger partial charge in [0.1, 0.15) is 0 Å². The van der Waals surface area contributed by atoms with Crippen molar-refractivity contribution in [3.63, 3.8) is 0 Å². The highest BCUT2D eigenvalue weighted by atomic mass is 16.5. The van der Waals surface area contributed by atoms with Gasteiger partial charge in [-0.2, -0.15) is 0 Å². The maximum absolute atomic E-state index is 12.6. The average Bonchev–Trinajstić information content (AvgIpc) is 2.97. The summed E-state index contributed by atoms with van der Waals surface area (Å²) in [7, 11) is 0. The Balaban J connectivity index is 1.30. The summed E-state index contributed by atoms with van der Waals surface area (Å²) in [4.78, 5) is 24.7. The first kappa shape index (κ1) is 16.4. The molecular formula is C20H31NO3. The lowest BCUT2D eigenvalue weighted by atomic mass is 9.53. The van der Waals surface area contributed by atoms with E-state index in [0.717, 1.165) is 49.9 Å². The number of carbonyl (C=O) groups excluding carboxylic acids is 2. The highest BCUT2D eigenvalue weighted by Crippen LogP contribution is 2.55. The molecule has 1 atom stereocenters. The van der Waals surface area contributed by atoms with Crippen LogP contribution in [-0.4, -0.2) is 23.5 Å². The van der Waals surface area contributed by atoms with E-state index >= 15 is 0 Å². The minimum atomic E-state index is -0.660. The van der Waals surface area contributed by atoms with Gasteiger partial charge in [-0.25, -0.2) is 0 Å². The van der Waals surface area contributed by atoms with Crippen LogP contribution in [0.5, 0.6) is 0 Å². The van der Waals surface area contributed by atoms with E-state index in [-0.39, 0.29) is 17.4 Å². The summed E-state index contributed by atoms with van der Waals surface area (Å²) in [6.07, 6.45) is 12.0.